The van der Waals surface area contributed by atoms with Crippen LogP contribution in [0.2, 0.25) is 5.02 Å². The van der Waals surface area contributed by atoms with Gasteiger partial charge >= 0.3 is 17.8 Å². The molecule has 0 aliphatic carbocycles. The van der Waals surface area contributed by atoms with Crippen molar-refractivity contribution in [3.05, 3.63) is 81.5 Å². The Hall–Kier alpha value is -4.04. The van der Waals surface area contributed by atoms with Crippen LogP contribution >= 0.6 is 11.6 Å². The fourth-order valence-corrected chi connectivity index (χ4v) is 3.67. The van der Waals surface area contributed by atoms with Gasteiger partial charge in [0.05, 0.1) is 12.2 Å². The first-order valence-electron chi connectivity index (χ1n) is 11.5. The Morgan fingerprint density at radius 1 is 1.15 bits per heavy atom. The van der Waals surface area contributed by atoms with Crippen molar-refractivity contribution >= 4 is 17.6 Å². The van der Waals surface area contributed by atoms with E-state index in [1.54, 1.807) is 6.92 Å². The molecule has 0 radical (unpaired) electrons. The highest BCUT2D eigenvalue weighted by Crippen LogP contribution is 2.24. The van der Waals surface area contributed by atoms with Crippen molar-refractivity contribution in [2.45, 2.75) is 45.3 Å². The Morgan fingerprint density at radius 3 is 2.51 bits per heavy atom. The lowest BCUT2D eigenvalue weighted by atomic mass is 10.2. The molecular weight excluding hydrogens is 548 g/mol. The highest BCUT2D eigenvalue weighted by Gasteiger charge is 2.39. The van der Waals surface area contributed by atoms with Crippen LogP contribution in [0.1, 0.15) is 25.0 Å². The normalized spacial score (nSPS) is 12.5. The number of rotatable bonds is 9. The van der Waals surface area contributed by atoms with Gasteiger partial charge in [0.2, 0.25) is 0 Å². The number of halogens is 5. The summed E-state index contributed by atoms with van der Waals surface area (Å²) in [6.07, 6.45) is -7.70. The van der Waals surface area contributed by atoms with Crippen molar-refractivity contribution in [2.75, 3.05) is 0 Å². The van der Waals surface area contributed by atoms with E-state index in [9.17, 15) is 32.3 Å². The van der Waals surface area contributed by atoms with Gasteiger partial charge in [0, 0.05) is 17.0 Å². The van der Waals surface area contributed by atoms with E-state index in [4.69, 9.17) is 16.3 Å². The molecule has 1 N–H and O–H groups in total. The van der Waals surface area contributed by atoms with E-state index in [0.29, 0.717) is 9.59 Å². The van der Waals surface area contributed by atoms with Crippen LogP contribution in [0.3, 0.4) is 0 Å². The van der Waals surface area contributed by atoms with E-state index in [0.717, 1.165) is 4.68 Å². The molecule has 4 aromatic rings. The van der Waals surface area contributed by atoms with Crippen molar-refractivity contribution in [2.24, 2.45) is 0 Å². The van der Waals surface area contributed by atoms with Crippen LogP contribution in [-0.4, -0.2) is 52.5 Å². The van der Waals surface area contributed by atoms with Gasteiger partial charge in [0.1, 0.15) is 12.4 Å². The third-order valence-electron chi connectivity index (χ3n) is 5.47. The molecule has 0 fully saturated rings. The van der Waals surface area contributed by atoms with Crippen LogP contribution in [0, 0.1) is 5.82 Å². The van der Waals surface area contributed by atoms with Crippen LogP contribution in [0.4, 0.5) is 17.6 Å². The molecule has 0 aliphatic rings. The summed E-state index contributed by atoms with van der Waals surface area (Å²) >= 11 is 5.90. The average Bonchev–Trinajstić information content (AvgIpc) is 3.43. The van der Waals surface area contributed by atoms with Gasteiger partial charge in [-0.15, -0.1) is 10.2 Å². The number of aliphatic hydroxyl groups excluding tert-OH is 1. The minimum atomic E-state index is -4.98. The number of benzene rings is 2. The van der Waals surface area contributed by atoms with Gasteiger partial charge in [-0.25, -0.2) is 23.5 Å². The van der Waals surface area contributed by atoms with Crippen LogP contribution in [0.15, 0.2) is 53.3 Å². The lowest BCUT2D eigenvalue weighted by molar-refractivity contribution is -0.207. The highest BCUT2D eigenvalue weighted by atomic mass is 35.5. The molecule has 15 heteroatoms. The minimum Gasteiger partial charge on any atom is -0.457 e. The number of ether oxygens (including phenoxy) is 1. The molecular formula is C24H21ClF4N6O4. The van der Waals surface area contributed by atoms with Gasteiger partial charge in [-0.1, -0.05) is 24.6 Å². The smallest absolute Gasteiger partial charge is 0.416 e. The summed E-state index contributed by atoms with van der Waals surface area (Å²) in [5.74, 6) is -1.15. The van der Waals surface area contributed by atoms with E-state index in [1.165, 1.54) is 53.2 Å². The Bertz CT molecular complexity index is 1530. The number of aromatic nitrogens is 6. The Labute approximate surface area is 223 Å². The van der Waals surface area contributed by atoms with Crippen LogP contribution in [-0.2, 0) is 29.2 Å². The highest BCUT2D eigenvalue weighted by molar-refractivity contribution is 6.30. The number of nitrogens with zero attached hydrogens (tertiary/aromatic N) is 6. The predicted octanol–water partition coefficient (Wildman–Crippen LogP) is 3.51. The average molecular weight is 569 g/mol. The summed E-state index contributed by atoms with van der Waals surface area (Å²) in [6, 6.07) is 11.2. The monoisotopic (exact) mass is 568 g/mol. The fourth-order valence-electron chi connectivity index (χ4n) is 3.55. The largest absolute Gasteiger partial charge is 0.457 e. The van der Waals surface area contributed by atoms with Crippen molar-refractivity contribution in [3.8, 4) is 17.1 Å². The minimum absolute atomic E-state index is 0.0208. The summed E-state index contributed by atoms with van der Waals surface area (Å²) in [5, 5.41) is 18.4. The zero-order valence-corrected chi connectivity index (χ0v) is 21.0. The van der Waals surface area contributed by atoms with Gasteiger partial charge in [-0.2, -0.15) is 13.2 Å². The standard InChI is InChI=1S/C24H21ClF4N6O4/c1-2-21(37)39-13-20-30-19(31-35(20)17-5-3-4-16(26)10-17)12-34-23(38)33(11-18(36)24(27,28)29)22(32-34)14-6-8-15(25)9-7-14/h3-10,18,36H,2,11-13H2,1H3/t18-/m0/s1. The number of carbonyl (C=O) groups is 1. The van der Waals surface area contributed by atoms with Crippen molar-refractivity contribution in [1.29, 1.82) is 0 Å². The molecule has 4 rings (SSSR count). The number of esters is 1. The van der Waals surface area contributed by atoms with Crippen LogP contribution < -0.4 is 5.69 Å². The third-order valence-corrected chi connectivity index (χ3v) is 5.72. The van der Waals surface area contributed by atoms with Crippen LogP contribution in [0.25, 0.3) is 17.1 Å². The molecule has 2 heterocycles. The molecule has 2 aromatic heterocycles. The molecule has 0 bridgehead atoms. The maximum absolute atomic E-state index is 13.9. The number of hydrogen-bond donors (Lipinski definition) is 1. The molecule has 206 valence electrons. The maximum atomic E-state index is 13.9. The summed E-state index contributed by atoms with van der Waals surface area (Å²) in [6.45, 7) is -0.218. The summed E-state index contributed by atoms with van der Waals surface area (Å²) in [7, 11) is 0. The van der Waals surface area contributed by atoms with E-state index >= 15 is 0 Å². The molecule has 10 nitrogen and oxygen atoms in total. The number of hydrogen-bond acceptors (Lipinski definition) is 7. The van der Waals surface area contributed by atoms with Gasteiger partial charge in [-0.3, -0.25) is 9.36 Å². The Balaban J connectivity index is 1.74. The quantitative estimate of drug-likeness (QED) is 0.243. The molecule has 39 heavy (non-hydrogen) atoms. The second-order valence-corrected chi connectivity index (χ2v) is 8.73. The zero-order valence-electron chi connectivity index (χ0n) is 20.3. The molecule has 0 amide bonds. The number of aliphatic hydroxyl groups is 1. The zero-order chi connectivity index (χ0) is 28.3. The van der Waals surface area contributed by atoms with Crippen LogP contribution in [0.5, 0.6) is 0 Å². The fraction of sp³-hybridized carbons (Fsp3) is 0.292. The van der Waals surface area contributed by atoms with E-state index in [-0.39, 0.29) is 41.8 Å². The van der Waals surface area contributed by atoms with E-state index < -0.39 is 42.8 Å². The summed E-state index contributed by atoms with van der Waals surface area (Å²) in [4.78, 5) is 29.1. The van der Waals surface area contributed by atoms with Gasteiger partial charge in [-0.05, 0) is 42.5 Å². The van der Waals surface area contributed by atoms with Crippen molar-refractivity contribution < 1.29 is 32.2 Å². The van der Waals surface area contributed by atoms with Gasteiger partial charge in [0.25, 0.3) is 0 Å². The molecule has 0 unspecified atom stereocenters. The van der Waals surface area contributed by atoms with Crippen molar-refractivity contribution in [1.82, 2.24) is 29.1 Å². The molecule has 0 saturated heterocycles. The summed E-state index contributed by atoms with van der Waals surface area (Å²) < 4.78 is 61.1. The Kier molecular flexibility index (Phi) is 8.16. The second kappa shape index (κ2) is 11.4. The molecule has 2 aromatic carbocycles. The molecule has 0 spiro atoms. The van der Waals surface area contributed by atoms with E-state index in [2.05, 4.69) is 15.2 Å². The first kappa shape index (κ1) is 28.0. The van der Waals surface area contributed by atoms with Crippen molar-refractivity contribution in [3.63, 3.8) is 0 Å². The predicted molar refractivity (Wildman–Crippen MR) is 130 cm³/mol. The Morgan fingerprint density at radius 2 is 1.87 bits per heavy atom. The molecule has 1 atom stereocenters. The molecule has 0 saturated carbocycles. The second-order valence-electron chi connectivity index (χ2n) is 8.29. The first-order valence-corrected chi connectivity index (χ1v) is 11.9. The van der Waals surface area contributed by atoms with E-state index in [1.807, 2.05) is 0 Å². The first-order chi connectivity index (χ1) is 18.5. The summed E-state index contributed by atoms with van der Waals surface area (Å²) in [5.41, 5.74) is -0.441. The lowest BCUT2D eigenvalue weighted by Gasteiger charge is -2.15. The molecule has 0 aliphatic heterocycles. The topological polar surface area (TPSA) is 117 Å². The number of alkyl halides is 3. The maximum Gasteiger partial charge on any atom is 0.416 e. The van der Waals surface area contributed by atoms with Gasteiger partial charge in [0.15, 0.2) is 30.2 Å². The third kappa shape index (κ3) is 6.52. The van der Waals surface area contributed by atoms with Gasteiger partial charge < -0.3 is 9.84 Å². The number of carbonyl (C=O) groups excluding carboxylic acids is 1. The SMILES string of the molecule is CCC(=O)OCc1nc(Cn2nc(-c3ccc(Cl)cc3)n(C[C@H](O)C(F)(F)F)c2=O)nn1-c1cccc(F)c1. The lowest BCUT2D eigenvalue weighted by Crippen LogP contribution is -2.37.